The fraction of sp³-hybridized carbons (Fsp3) is 0.0476. The zero-order valence-electron chi connectivity index (χ0n) is 14.3. The average molecular weight is 440 g/mol. The van der Waals surface area contributed by atoms with E-state index in [-0.39, 0.29) is 11.1 Å². The second-order valence-electron chi connectivity index (χ2n) is 6.01. The minimum Gasteiger partial charge on any atom is -0.457 e. The van der Waals surface area contributed by atoms with Gasteiger partial charge in [0.2, 0.25) is 0 Å². The van der Waals surface area contributed by atoms with Crippen LogP contribution in [0, 0.1) is 6.92 Å². The van der Waals surface area contributed by atoms with Crippen LogP contribution in [0.5, 0.6) is 0 Å². The molecule has 1 fully saturated rings. The molecule has 1 aromatic heterocycles. The largest absolute Gasteiger partial charge is 0.457 e. The molecule has 0 aliphatic carbocycles. The van der Waals surface area contributed by atoms with Crippen molar-refractivity contribution in [1.82, 2.24) is 0 Å². The molecule has 0 saturated carbocycles. The van der Waals surface area contributed by atoms with Crippen LogP contribution in [-0.4, -0.2) is 11.1 Å². The molecule has 0 radical (unpaired) electrons. The Bertz CT molecular complexity index is 1070. The summed E-state index contributed by atoms with van der Waals surface area (Å²) in [6.45, 7) is 1.87. The number of benzene rings is 2. The van der Waals surface area contributed by atoms with Crippen LogP contribution in [0.4, 0.5) is 10.5 Å². The summed E-state index contributed by atoms with van der Waals surface area (Å²) in [5.41, 5.74) is 2.42. The van der Waals surface area contributed by atoms with Crippen LogP contribution in [0.2, 0.25) is 0 Å². The number of carbonyl (C=O) groups is 2. The molecule has 0 N–H and O–H groups in total. The van der Waals surface area contributed by atoms with Crippen molar-refractivity contribution in [3.63, 3.8) is 0 Å². The number of thioether (sulfide) groups is 1. The summed E-state index contributed by atoms with van der Waals surface area (Å²) in [6, 6.07) is 18.7. The number of imide groups is 1. The fourth-order valence-electron chi connectivity index (χ4n) is 2.82. The van der Waals surface area contributed by atoms with Crippen molar-refractivity contribution < 1.29 is 14.0 Å². The summed E-state index contributed by atoms with van der Waals surface area (Å²) in [4.78, 5) is 26.7. The standard InChI is InChI=1S/C21H14BrNO3S/c1-13-4-2-3-5-17(13)23-20(24)19(27-21(23)25)12-16-10-11-18(26-16)14-6-8-15(22)9-7-14/h2-12H,1H3/b19-12+. The van der Waals surface area contributed by atoms with Crippen LogP contribution in [0.15, 0.2) is 74.5 Å². The topological polar surface area (TPSA) is 50.5 Å². The van der Waals surface area contributed by atoms with Crippen molar-refractivity contribution >= 4 is 50.6 Å². The lowest BCUT2D eigenvalue weighted by Crippen LogP contribution is -2.28. The van der Waals surface area contributed by atoms with Gasteiger partial charge in [-0.2, -0.15) is 0 Å². The number of aryl methyl sites for hydroxylation is 1. The van der Waals surface area contributed by atoms with Gasteiger partial charge in [0.15, 0.2) is 0 Å². The first-order valence-corrected chi connectivity index (χ1v) is 9.83. The van der Waals surface area contributed by atoms with Crippen LogP contribution in [0.3, 0.4) is 0 Å². The van der Waals surface area contributed by atoms with Crippen molar-refractivity contribution in [2.45, 2.75) is 6.92 Å². The Kier molecular flexibility index (Phi) is 4.76. The first kappa shape index (κ1) is 17.8. The predicted molar refractivity (Wildman–Crippen MR) is 111 cm³/mol. The van der Waals surface area contributed by atoms with E-state index in [4.69, 9.17) is 4.42 Å². The number of para-hydroxylation sites is 1. The highest BCUT2D eigenvalue weighted by Crippen LogP contribution is 2.37. The molecule has 2 amide bonds. The first-order chi connectivity index (χ1) is 13.0. The Balaban J connectivity index is 1.62. The molecule has 134 valence electrons. The van der Waals surface area contributed by atoms with Crippen LogP contribution in [0.1, 0.15) is 11.3 Å². The quantitative estimate of drug-likeness (QED) is 0.451. The molecule has 1 saturated heterocycles. The summed E-state index contributed by atoms with van der Waals surface area (Å²) in [5.74, 6) is 0.899. The second kappa shape index (κ2) is 7.21. The Hall–Kier alpha value is -2.57. The Labute approximate surface area is 169 Å². The van der Waals surface area contributed by atoms with E-state index in [0.29, 0.717) is 22.1 Å². The molecule has 0 atom stereocenters. The minimum atomic E-state index is -0.333. The highest BCUT2D eigenvalue weighted by atomic mass is 79.9. The maximum absolute atomic E-state index is 12.8. The molecular formula is C21H14BrNO3S. The maximum atomic E-state index is 12.8. The highest BCUT2D eigenvalue weighted by Gasteiger charge is 2.37. The van der Waals surface area contributed by atoms with Crippen molar-refractivity contribution in [2.24, 2.45) is 0 Å². The molecule has 1 aliphatic rings. The van der Waals surface area contributed by atoms with Crippen LogP contribution in [0.25, 0.3) is 17.4 Å². The first-order valence-electron chi connectivity index (χ1n) is 8.22. The predicted octanol–water partition coefficient (Wildman–Crippen LogP) is 6.26. The monoisotopic (exact) mass is 439 g/mol. The number of amides is 2. The van der Waals surface area contributed by atoms with Crippen molar-refractivity contribution in [2.75, 3.05) is 4.90 Å². The smallest absolute Gasteiger partial charge is 0.298 e. The third-order valence-electron chi connectivity index (χ3n) is 4.18. The van der Waals surface area contributed by atoms with E-state index in [9.17, 15) is 9.59 Å². The Morgan fingerprint density at radius 2 is 1.74 bits per heavy atom. The molecule has 0 bridgehead atoms. The summed E-state index contributed by atoms with van der Waals surface area (Å²) in [5, 5.41) is -0.305. The number of carbonyl (C=O) groups excluding carboxylic acids is 2. The van der Waals surface area contributed by atoms with Gasteiger partial charge in [0.25, 0.3) is 11.1 Å². The van der Waals surface area contributed by atoms with Crippen molar-refractivity contribution in [1.29, 1.82) is 0 Å². The van der Waals surface area contributed by atoms with E-state index >= 15 is 0 Å². The van der Waals surface area contributed by atoms with Crippen LogP contribution >= 0.6 is 27.7 Å². The summed E-state index contributed by atoms with van der Waals surface area (Å²) < 4.78 is 6.82. The third-order valence-corrected chi connectivity index (χ3v) is 5.58. The van der Waals surface area contributed by atoms with E-state index < -0.39 is 0 Å². The minimum absolute atomic E-state index is 0.305. The normalized spacial score (nSPS) is 15.8. The number of nitrogens with zero attached hydrogens (tertiary/aromatic N) is 1. The van der Waals surface area contributed by atoms with Gasteiger partial charge in [-0.15, -0.1) is 0 Å². The lowest BCUT2D eigenvalue weighted by atomic mass is 10.2. The molecule has 0 unspecified atom stereocenters. The maximum Gasteiger partial charge on any atom is 0.298 e. The number of furan rings is 1. The third kappa shape index (κ3) is 3.50. The van der Waals surface area contributed by atoms with Crippen LogP contribution < -0.4 is 4.90 Å². The fourth-order valence-corrected chi connectivity index (χ4v) is 3.90. The molecule has 4 rings (SSSR count). The molecular weight excluding hydrogens is 426 g/mol. The number of hydrogen-bond acceptors (Lipinski definition) is 4. The van der Waals surface area contributed by atoms with Crippen molar-refractivity contribution in [3.8, 4) is 11.3 Å². The highest BCUT2D eigenvalue weighted by molar-refractivity contribution is 9.10. The zero-order valence-corrected chi connectivity index (χ0v) is 16.7. The molecule has 2 aromatic carbocycles. The van der Waals surface area contributed by atoms with Gasteiger partial charge in [0, 0.05) is 16.1 Å². The average Bonchev–Trinajstić information content (AvgIpc) is 3.22. The molecule has 0 spiro atoms. The van der Waals surface area contributed by atoms with Crippen LogP contribution in [-0.2, 0) is 4.79 Å². The number of rotatable bonds is 3. The summed E-state index contributed by atoms with van der Waals surface area (Å²) >= 11 is 4.33. The van der Waals surface area contributed by atoms with Gasteiger partial charge < -0.3 is 4.42 Å². The summed E-state index contributed by atoms with van der Waals surface area (Å²) in [6.07, 6.45) is 1.62. The number of halogens is 1. The lowest BCUT2D eigenvalue weighted by molar-refractivity contribution is -0.113. The van der Waals surface area contributed by atoms with Gasteiger partial charge in [-0.05, 0) is 54.6 Å². The molecule has 6 heteroatoms. The zero-order chi connectivity index (χ0) is 19.0. The van der Waals surface area contributed by atoms with Gasteiger partial charge >= 0.3 is 0 Å². The Morgan fingerprint density at radius 3 is 2.48 bits per heavy atom. The summed E-state index contributed by atoms with van der Waals surface area (Å²) in [7, 11) is 0. The molecule has 2 heterocycles. The molecule has 27 heavy (non-hydrogen) atoms. The lowest BCUT2D eigenvalue weighted by Gasteiger charge is -2.14. The number of hydrogen-bond donors (Lipinski definition) is 0. The van der Waals surface area contributed by atoms with Gasteiger partial charge in [-0.1, -0.05) is 46.3 Å². The van der Waals surface area contributed by atoms with E-state index in [1.165, 1.54) is 4.90 Å². The van der Waals surface area contributed by atoms with Gasteiger partial charge in [0.1, 0.15) is 11.5 Å². The molecule has 3 aromatic rings. The second-order valence-corrected chi connectivity index (χ2v) is 7.92. The molecule has 4 nitrogen and oxygen atoms in total. The van der Waals surface area contributed by atoms with Crippen molar-refractivity contribution in [3.05, 3.63) is 81.4 Å². The van der Waals surface area contributed by atoms with E-state index in [0.717, 1.165) is 27.4 Å². The SMILES string of the molecule is Cc1ccccc1N1C(=O)S/C(=C/c2ccc(-c3ccc(Br)cc3)o2)C1=O. The van der Waals surface area contributed by atoms with E-state index in [2.05, 4.69) is 15.9 Å². The van der Waals surface area contributed by atoms with Gasteiger partial charge in [-0.3, -0.25) is 9.59 Å². The number of anilines is 1. The Morgan fingerprint density at radius 1 is 1.00 bits per heavy atom. The van der Waals surface area contributed by atoms with E-state index in [1.54, 1.807) is 18.2 Å². The van der Waals surface area contributed by atoms with E-state index in [1.807, 2.05) is 55.5 Å². The molecule has 1 aliphatic heterocycles. The van der Waals surface area contributed by atoms with Gasteiger partial charge in [-0.25, -0.2) is 4.90 Å². The van der Waals surface area contributed by atoms with Gasteiger partial charge in [0.05, 0.1) is 10.6 Å².